The molecule has 0 spiro atoms. The van der Waals surface area contributed by atoms with Crippen molar-refractivity contribution in [1.29, 1.82) is 0 Å². The normalized spacial score (nSPS) is 11.3. The van der Waals surface area contributed by atoms with Gasteiger partial charge in [0.15, 0.2) is 5.96 Å². The predicted molar refractivity (Wildman–Crippen MR) is 115 cm³/mol. The number of aliphatic imine (C=N–C) groups is 1. The first kappa shape index (κ1) is 20.3. The summed E-state index contributed by atoms with van der Waals surface area (Å²) < 4.78 is 14.6. The summed E-state index contributed by atoms with van der Waals surface area (Å²) in [5.41, 5.74) is 3.26. The van der Waals surface area contributed by atoms with Crippen LogP contribution in [0.1, 0.15) is 16.7 Å². The van der Waals surface area contributed by atoms with Gasteiger partial charge in [-0.1, -0.05) is 42.5 Å². The third-order valence-corrected chi connectivity index (χ3v) is 4.58. The first-order chi connectivity index (χ1) is 14.1. The number of nitrogens with one attached hydrogen (secondary N) is 2. The third-order valence-electron chi connectivity index (χ3n) is 4.58. The van der Waals surface area contributed by atoms with Crippen molar-refractivity contribution in [1.82, 2.24) is 15.2 Å². The molecule has 2 aromatic carbocycles. The van der Waals surface area contributed by atoms with Gasteiger partial charge in [0.2, 0.25) is 0 Å². The SMILES string of the molecule is CN=C(NCCc1ccc(F)cc1)NCc1ccc(Cn2ccccc2=O)cc1. The van der Waals surface area contributed by atoms with Gasteiger partial charge >= 0.3 is 0 Å². The van der Waals surface area contributed by atoms with Crippen LogP contribution in [-0.2, 0) is 19.5 Å². The van der Waals surface area contributed by atoms with Crippen LogP contribution < -0.4 is 16.2 Å². The highest BCUT2D eigenvalue weighted by atomic mass is 19.1. The maximum absolute atomic E-state index is 12.9. The molecule has 1 heterocycles. The van der Waals surface area contributed by atoms with Crippen molar-refractivity contribution in [2.24, 2.45) is 4.99 Å². The predicted octanol–water partition coefficient (Wildman–Crippen LogP) is 2.94. The van der Waals surface area contributed by atoms with E-state index < -0.39 is 0 Å². The number of hydrogen-bond donors (Lipinski definition) is 2. The Labute approximate surface area is 169 Å². The van der Waals surface area contributed by atoms with E-state index in [4.69, 9.17) is 0 Å². The Morgan fingerprint density at radius 1 is 0.931 bits per heavy atom. The van der Waals surface area contributed by atoms with Gasteiger partial charge in [-0.3, -0.25) is 9.79 Å². The summed E-state index contributed by atoms with van der Waals surface area (Å²) in [6, 6.07) is 19.8. The number of pyridine rings is 1. The van der Waals surface area contributed by atoms with Crippen molar-refractivity contribution in [3.8, 4) is 0 Å². The second-order valence-electron chi connectivity index (χ2n) is 6.71. The monoisotopic (exact) mass is 392 g/mol. The molecular weight excluding hydrogens is 367 g/mol. The van der Waals surface area contributed by atoms with E-state index in [0.717, 1.165) is 23.1 Å². The maximum Gasteiger partial charge on any atom is 0.250 e. The van der Waals surface area contributed by atoms with Crippen molar-refractivity contribution in [3.63, 3.8) is 0 Å². The Morgan fingerprint density at radius 3 is 2.31 bits per heavy atom. The summed E-state index contributed by atoms with van der Waals surface area (Å²) in [7, 11) is 1.73. The number of benzene rings is 2. The minimum Gasteiger partial charge on any atom is -0.356 e. The number of halogens is 1. The average Bonchev–Trinajstić information content (AvgIpc) is 2.74. The van der Waals surface area contributed by atoms with Gasteiger partial charge in [0.1, 0.15) is 5.82 Å². The van der Waals surface area contributed by atoms with E-state index in [9.17, 15) is 9.18 Å². The first-order valence-corrected chi connectivity index (χ1v) is 9.56. The van der Waals surface area contributed by atoms with Crippen LogP contribution in [-0.4, -0.2) is 24.1 Å². The van der Waals surface area contributed by atoms with Gasteiger partial charge in [-0.05, 0) is 41.3 Å². The molecule has 6 heteroatoms. The lowest BCUT2D eigenvalue weighted by atomic mass is 10.1. The first-order valence-electron chi connectivity index (χ1n) is 9.56. The molecule has 0 atom stereocenters. The zero-order valence-electron chi connectivity index (χ0n) is 16.4. The van der Waals surface area contributed by atoms with Gasteiger partial charge in [-0.25, -0.2) is 4.39 Å². The third kappa shape index (κ3) is 6.31. The second kappa shape index (κ2) is 10.2. The fourth-order valence-corrected chi connectivity index (χ4v) is 2.93. The molecule has 3 rings (SSSR count). The van der Waals surface area contributed by atoms with Gasteiger partial charge in [-0.2, -0.15) is 0 Å². The van der Waals surface area contributed by atoms with Crippen LogP contribution >= 0.6 is 0 Å². The number of rotatable bonds is 7. The molecule has 150 valence electrons. The quantitative estimate of drug-likeness (QED) is 0.480. The molecule has 3 aromatic rings. The van der Waals surface area contributed by atoms with Crippen LogP contribution in [0.25, 0.3) is 0 Å². The highest BCUT2D eigenvalue weighted by Crippen LogP contribution is 2.06. The smallest absolute Gasteiger partial charge is 0.250 e. The second-order valence-corrected chi connectivity index (χ2v) is 6.71. The average molecular weight is 392 g/mol. The molecule has 0 saturated carbocycles. The fourth-order valence-electron chi connectivity index (χ4n) is 2.93. The molecule has 1 aromatic heterocycles. The Morgan fingerprint density at radius 2 is 1.62 bits per heavy atom. The van der Waals surface area contributed by atoms with Crippen molar-refractivity contribution in [2.75, 3.05) is 13.6 Å². The fraction of sp³-hybridized carbons (Fsp3) is 0.217. The van der Waals surface area contributed by atoms with Gasteiger partial charge < -0.3 is 15.2 Å². The maximum atomic E-state index is 12.9. The lowest BCUT2D eigenvalue weighted by Gasteiger charge is -2.12. The summed E-state index contributed by atoms with van der Waals surface area (Å²) in [4.78, 5) is 16.0. The molecule has 0 bridgehead atoms. The summed E-state index contributed by atoms with van der Waals surface area (Å²) in [6.07, 6.45) is 2.58. The zero-order valence-corrected chi connectivity index (χ0v) is 16.4. The number of aromatic nitrogens is 1. The molecule has 2 N–H and O–H groups in total. The number of nitrogens with zero attached hydrogens (tertiary/aromatic N) is 2. The van der Waals surface area contributed by atoms with Crippen LogP contribution in [0, 0.1) is 5.82 Å². The number of guanidine groups is 1. The minimum atomic E-state index is -0.221. The molecule has 29 heavy (non-hydrogen) atoms. The van der Waals surface area contributed by atoms with E-state index in [0.29, 0.717) is 25.6 Å². The molecule has 0 unspecified atom stereocenters. The van der Waals surface area contributed by atoms with Crippen LogP contribution in [0.4, 0.5) is 4.39 Å². The Kier molecular flexibility index (Phi) is 7.16. The van der Waals surface area contributed by atoms with Gasteiger partial charge in [0.05, 0.1) is 6.54 Å². The van der Waals surface area contributed by atoms with E-state index in [-0.39, 0.29) is 11.4 Å². The lowest BCUT2D eigenvalue weighted by Crippen LogP contribution is -2.37. The molecule has 0 radical (unpaired) electrons. The summed E-state index contributed by atoms with van der Waals surface area (Å²) in [5, 5.41) is 6.54. The standard InChI is InChI=1S/C23H25FN4O/c1-25-23(26-14-13-18-9-11-21(24)12-10-18)27-16-19-5-7-20(8-6-19)17-28-15-3-2-4-22(28)29/h2-12,15H,13-14,16-17H2,1H3,(H2,25,26,27). The van der Waals surface area contributed by atoms with Crippen LogP contribution in [0.15, 0.2) is 82.7 Å². The van der Waals surface area contributed by atoms with E-state index in [1.165, 1.54) is 12.1 Å². The topological polar surface area (TPSA) is 58.4 Å². The molecule has 0 aliphatic carbocycles. The van der Waals surface area contributed by atoms with Crippen LogP contribution in [0.3, 0.4) is 0 Å². The van der Waals surface area contributed by atoms with Gasteiger partial charge in [0, 0.05) is 32.4 Å². The Balaban J connectivity index is 1.46. The summed E-state index contributed by atoms with van der Waals surface area (Å²) in [6.45, 7) is 1.90. The number of hydrogen-bond acceptors (Lipinski definition) is 2. The van der Waals surface area contributed by atoms with E-state index in [2.05, 4.69) is 15.6 Å². The van der Waals surface area contributed by atoms with Gasteiger partial charge in [-0.15, -0.1) is 0 Å². The molecule has 0 aliphatic rings. The van der Waals surface area contributed by atoms with E-state index in [1.54, 1.807) is 42.1 Å². The van der Waals surface area contributed by atoms with Crippen LogP contribution in [0.2, 0.25) is 0 Å². The van der Waals surface area contributed by atoms with Crippen molar-refractivity contribution in [3.05, 3.63) is 106 Å². The molecule has 0 aliphatic heterocycles. The van der Waals surface area contributed by atoms with E-state index in [1.807, 2.05) is 30.3 Å². The largest absolute Gasteiger partial charge is 0.356 e. The molecule has 0 saturated heterocycles. The summed E-state index contributed by atoms with van der Waals surface area (Å²) in [5.74, 6) is 0.494. The van der Waals surface area contributed by atoms with Gasteiger partial charge in [0.25, 0.3) is 5.56 Å². The van der Waals surface area contributed by atoms with Crippen LogP contribution in [0.5, 0.6) is 0 Å². The Bertz CT molecular complexity index is 994. The van der Waals surface area contributed by atoms with Crippen molar-refractivity contribution in [2.45, 2.75) is 19.5 Å². The zero-order chi connectivity index (χ0) is 20.5. The lowest BCUT2D eigenvalue weighted by molar-refractivity contribution is 0.626. The molecular formula is C23H25FN4O. The highest BCUT2D eigenvalue weighted by molar-refractivity contribution is 5.79. The van der Waals surface area contributed by atoms with Crippen molar-refractivity contribution < 1.29 is 4.39 Å². The van der Waals surface area contributed by atoms with Crippen molar-refractivity contribution >= 4 is 5.96 Å². The summed E-state index contributed by atoms with van der Waals surface area (Å²) >= 11 is 0. The molecule has 0 amide bonds. The Hall–Kier alpha value is -3.41. The highest BCUT2D eigenvalue weighted by Gasteiger charge is 2.01. The molecule has 5 nitrogen and oxygen atoms in total. The molecule has 0 fully saturated rings. The minimum absolute atomic E-state index is 0.00578. The van der Waals surface area contributed by atoms with E-state index >= 15 is 0 Å².